The molecule has 3 aromatic rings. The minimum Gasteiger partial charge on any atom is -0.393 e. The van der Waals surface area contributed by atoms with Gasteiger partial charge in [-0.25, -0.2) is 23.1 Å². The van der Waals surface area contributed by atoms with Gasteiger partial charge in [-0.1, -0.05) is 0 Å². The summed E-state index contributed by atoms with van der Waals surface area (Å²) in [5.41, 5.74) is -0.257. The molecule has 32 heavy (non-hydrogen) atoms. The standard InChI is InChI=1S/C21H23F3N6O2/c22-11-7-15(23)18(16(24)8-11)28-21-27-17-9-25-20(26-12-1-3-14(31)4-2-12)29-19(17)30(21)13-5-6-32-10-13/h7-9,12-14,31H,1-6,10H2,(H,27,28)(H,25,26,29)/i1D,2D2,3D,12D. The lowest BCUT2D eigenvalue weighted by Crippen LogP contribution is -2.29. The lowest BCUT2D eigenvalue weighted by molar-refractivity contribution is 0.126. The van der Waals surface area contributed by atoms with E-state index in [0.29, 0.717) is 25.2 Å². The van der Waals surface area contributed by atoms with Gasteiger partial charge < -0.3 is 20.5 Å². The summed E-state index contributed by atoms with van der Waals surface area (Å²) in [7, 11) is 0. The molecule has 1 saturated carbocycles. The fourth-order valence-electron chi connectivity index (χ4n) is 3.64. The molecule has 11 heteroatoms. The fourth-order valence-corrected chi connectivity index (χ4v) is 3.64. The number of aliphatic hydroxyl groups is 1. The molecule has 5 unspecified atom stereocenters. The Kier molecular flexibility index (Phi) is 4.22. The average Bonchev–Trinajstić information content (AvgIpc) is 3.46. The maximum atomic E-state index is 14.3. The zero-order valence-corrected chi connectivity index (χ0v) is 16.6. The van der Waals surface area contributed by atoms with Crippen molar-refractivity contribution >= 4 is 28.7 Å². The van der Waals surface area contributed by atoms with Crippen LogP contribution >= 0.6 is 0 Å². The maximum absolute atomic E-state index is 14.3. The Balaban J connectivity index is 1.57. The van der Waals surface area contributed by atoms with Gasteiger partial charge in [0.05, 0.1) is 26.3 Å². The van der Waals surface area contributed by atoms with Gasteiger partial charge >= 0.3 is 0 Å². The molecular formula is C21H23F3N6O2. The van der Waals surface area contributed by atoms with Gasteiger partial charge in [-0.15, -0.1) is 0 Å². The number of ether oxygens (including phenoxy) is 1. The molecule has 2 aliphatic rings. The van der Waals surface area contributed by atoms with E-state index in [2.05, 4.69) is 25.6 Å². The highest BCUT2D eigenvalue weighted by Crippen LogP contribution is 2.32. The van der Waals surface area contributed by atoms with Crippen LogP contribution < -0.4 is 10.6 Å². The van der Waals surface area contributed by atoms with Crippen LogP contribution in [0.5, 0.6) is 0 Å². The molecule has 5 atom stereocenters. The highest BCUT2D eigenvalue weighted by Gasteiger charge is 2.27. The van der Waals surface area contributed by atoms with Crippen molar-refractivity contribution in [2.75, 3.05) is 23.8 Å². The van der Waals surface area contributed by atoms with Crippen LogP contribution in [0.2, 0.25) is 0 Å². The third-order valence-electron chi connectivity index (χ3n) is 5.18. The summed E-state index contributed by atoms with van der Waals surface area (Å²) in [6, 6.07) is -1.67. The molecule has 1 aromatic carbocycles. The van der Waals surface area contributed by atoms with E-state index in [1.807, 2.05) is 0 Å². The number of aromatic nitrogens is 4. The number of halogens is 3. The summed E-state index contributed by atoms with van der Waals surface area (Å²) in [5.74, 6) is -3.68. The van der Waals surface area contributed by atoms with E-state index in [0.717, 1.165) is 0 Å². The minimum absolute atomic E-state index is 0.0253. The first-order chi connectivity index (χ1) is 17.4. The van der Waals surface area contributed by atoms with Crippen LogP contribution in [0.1, 0.15) is 44.9 Å². The number of anilines is 3. The van der Waals surface area contributed by atoms with Crippen molar-refractivity contribution in [3.63, 3.8) is 0 Å². The lowest BCUT2D eigenvalue weighted by atomic mass is 9.93. The molecule has 5 rings (SSSR count). The maximum Gasteiger partial charge on any atom is 0.224 e. The first-order valence-electron chi connectivity index (χ1n) is 12.6. The van der Waals surface area contributed by atoms with Crippen molar-refractivity contribution in [3.05, 3.63) is 35.8 Å². The van der Waals surface area contributed by atoms with Crippen LogP contribution in [0.15, 0.2) is 18.3 Å². The Morgan fingerprint density at radius 3 is 2.75 bits per heavy atom. The third kappa shape index (κ3) is 4.09. The monoisotopic (exact) mass is 453 g/mol. The second kappa shape index (κ2) is 8.55. The van der Waals surface area contributed by atoms with E-state index in [4.69, 9.17) is 11.6 Å². The second-order valence-corrected chi connectivity index (χ2v) is 7.44. The molecule has 8 nitrogen and oxygen atoms in total. The SMILES string of the molecule is [2H]C1C(O)CC([2H])([2H])C([2H])(Nc2ncc3nc(Nc4c(F)cc(F)cc4F)n(C4CCOC4)c3n2)C1[2H]. The van der Waals surface area contributed by atoms with Crippen LogP contribution in [0, 0.1) is 17.5 Å². The van der Waals surface area contributed by atoms with Crippen molar-refractivity contribution in [1.82, 2.24) is 19.5 Å². The molecular weight excluding hydrogens is 425 g/mol. The predicted octanol–water partition coefficient (Wildman–Crippen LogP) is 3.66. The topological polar surface area (TPSA) is 97.1 Å². The first-order valence-corrected chi connectivity index (χ1v) is 9.96. The zero-order chi connectivity index (χ0) is 26.7. The fraction of sp³-hybridized carbons (Fsp3) is 0.476. The van der Waals surface area contributed by atoms with Gasteiger partial charge in [0, 0.05) is 30.2 Å². The molecule has 1 aliphatic carbocycles. The summed E-state index contributed by atoms with van der Waals surface area (Å²) in [4.78, 5) is 12.8. The lowest BCUT2D eigenvalue weighted by Gasteiger charge is -2.26. The molecule has 1 saturated heterocycles. The Hall–Kier alpha value is -2.92. The van der Waals surface area contributed by atoms with Crippen LogP contribution in [0.3, 0.4) is 0 Å². The van der Waals surface area contributed by atoms with Gasteiger partial charge in [-0.2, -0.15) is 4.98 Å². The number of benzene rings is 1. The van der Waals surface area contributed by atoms with E-state index in [-0.39, 0.29) is 35.7 Å². The largest absolute Gasteiger partial charge is 0.393 e. The molecule has 2 fully saturated rings. The normalized spacial score (nSPS) is 34.3. The highest BCUT2D eigenvalue weighted by molar-refractivity contribution is 5.76. The van der Waals surface area contributed by atoms with Crippen LogP contribution in [-0.4, -0.2) is 50.0 Å². The van der Waals surface area contributed by atoms with Gasteiger partial charge in [-0.3, -0.25) is 4.57 Å². The number of hydrogen-bond acceptors (Lipinski definition) is 7. The second-order valence-electron chi connectivity index (χ2n) is 7.44. The third-order valence-corrected chi connectivity index (χ3v) is 5.18. The first kappa shape index (κ1) is 15.8. The number of rotatable bonds is 5. The number of nitrogens with one attached hydrogen (secondary N) is 2. The minimum atomic E-state index is -2.40. The molecule has 2 aromatic heterocycles. The predicted molar refractivity (Wildman–Crippen MR) is 111 cm³/mol. The summed E-state index contributed by atoms with van der Waals surface area (Å²) in [6.45, 7) is 0.641. The van der Waals surface area contributed by atoms with Crippen LogP contribution in [-0.2, 0) is 4.74 Å². The van der Waals surface area contributed by atoms with Crippen molar-refractivity contribution in [2.24, 2.45) is 0 Å². The molecule has 170 valence electrons. The van der Waals surface area contributed by atoms with Gasteiger partial charge in [0.15, 0.2) is 17.3 Å². The molecule has 0 amide bonds. The van der Waals surface area contributed by atoms with Gasteiger partial charge in [0.25, 0.3) is 0 Å². The van der Waals surface area contributed by atoms with Gasteiger partial charge in [0.2, 0.25) is 11.9 Å². The van der Waals surface area contributed by atoms with Crippen molar-refractivity contribution < 1.29 is 29.9 Å². The zero-order valence-electron chi connectivity index (χ0n) is 21.6. The molecule has 3 heterocycles. The molecule has 0 spiro atoms. The van der Waals surface area contributed by atoms with Gasteiger partial charge in [-0.05, 0) is 32.0 Å². The highest BCUT2D eigenvalue weighted by atomic mass is 19.1. The van der Waals surface area contributed by atoms with Crippen molar-refractivity contribution in [1.29, 1.82) is 0 Å². The molecule has 1 aliphatic heterocycles. The van der Waals surface area contributed by atoms with E-state index >= 15 is 0 Å². The average molecular weight is 453 g/mol. The van der Waals surface area contributed by atoms with E-state index in [1.165, 1.54) is 10.8 Å². The summed E-state index contributed by atoms with van der Waals surface area (Å²) in [5, 5.41) is 15.1. The Bertz CT molecular complexity index is 1320. The number of nitrogens with zero attached hydrogens (tertiary/aromatic N) is 4. The number of aliphatic hydroxyl groups excluding tert-OH is 1. The Morgan fingerprint density at radius 2 is 2.00 bits per heavy atom. The smallest absolute Gasteiger partial charge is 0.224 e. The summed E-state index contributed by atoms with van der Waals surface area (Å²) < 4.78 is 90.5. The van der Waals surface area contributed by atoms with Crippen LogP contribution in [0.25, 0.3) is 11.2 Å². The molecule has 3 N–H and O–H groups in total. The number of fused-ring (bicyclic) bond motifs is 1. The Labute approximate surface area is 188 Å². The van der Waals surface area contributed by atoms with E-state index in [9.17, 15) is 18.3 Å². The quantitative estimate of drug-likeness (QED) is 0.542. The van der Waals surface area contributed by atoms with E-state index < -0.39 is 60.8 Å². The molecule has 0 bridgehead atoms. The molecule has 0 radical (unpaired) electrons. The van der Waals surface area contributed by atoms with E-state index in [1.54, 1.807) is 0 Å². The summed E-state index contributed by atoms with van der Waals surface area (Å²) in [6.07, 6.45) is -5.69. The van der Waals surface area contributed by atoms with Crippen molar-refractivity contribution in [3.8, 4) is 0 Å². The summed E-state index contributed by atoms with van der Waals surface area (Å²) >= 11 is 0. The van der Waals surface area contributed by atoms with Crippen LogP contribution in [0.4, 0.5) is 30.8 Å². The van der Waals surface area contributed by atoms with Crippen molar-refractivity contribution in [2.45, 2.75) is 50.2 Å². The Morgan fingerprint density at radius 1 is 1.19 bits per heavy atom. The number of imidazole rings is 1. The number of hydrogen-bond donors (Lipinski definition) is 3. The van der Waals surface area contributed by atoms with Gasteiger partial charge in [0.1, 0.15) is 17.0 Å².